The maximum absolute atomic E-state index is 12.6. The summed E-state index contributed by atoms with van der Waals surface area (Å²) in [6.45, 7) is 3.69. The zero-order valence-corrected chi connectivity index (χ0v) is 14.4. The molecule has 6 heteroatoms. The molecule has 26 heavy (non-hydrogen) atoms. The molecule has 3 aromatic carbocycles. The minimum atomic E-state index is -0.554. The van der Waals surface area contributed by atoms with Crippen LogP contribution in [0.4, 0.5) is 0 Å². The minimum Gasteiger partial charge on any atom is -0.266 e. The molecule has 3 aromatic rings. The Morgan fingerprint density at radius 1 is 0.885 bits per heavy atom. The Labute approximate surface area is 153 Å². The third-order valence-electron chi connectivity index (χ3n) is 4.09. The van der Waals surface area contributed by atoms with Crippen molar-refractivity contribution >= 4 is 40.7 Å². The third kappa shape index (κ3) is 2.80. The Morgan fingerprint density at radius 3 is 2.08 bits per heavy atom. The lowest BCUT2D eigenvalue weighted by molar-refractivity contribution is -0.309. The van der Waals surface area contributed by atoms with E-state index < -0.39 is 11.8 Å². The number of benzene rings is 3. The third-order valence-corrected chi connectivity index (χ3v) is 4.68. The predicted octanol–water partition coefficient (Wildman–Crippen LogP) is 4.65. The first kappa shape index (κ1) is 16.5. The van der Waals surface area contributed by atoms with E-state index in [-0.39, 0.29) is 0 Å². The van der Waals surface area contributed by atoms with Crippen LogP contribution in [0.15, 0.2) is 72.1 Å². The fraction of sp³-hybridized carbons (Fsp3) is 0. The van der Waals surface area contributed by atoms with Crippen molar-refractivity contribution in [3.05, 3.63) is 83.9 Å². The van der Waals surface area contributed by atoms with E-state index in [4.69, 9.17) is 9.32 Å². The monoisotopic (exact) mass is 363 g/mol. The molecule has 0 N–H and O–H groups in total. The average Bonchev–Trinajstić information content (AvgIpc) is 2.69. The van der Waals surface area contributed by atoms with Crippen LogP contribution in [-0.4, -0.2) is 16.9 Å². The van der Waals surface area contributed by atoms with Gasteiger partial charge in [0.05, 0.1) is 23.2 Å². The van der Waals surface area contributed by atoms with Crippen LogP contribution < -0.4 is 0 Å². The van der Waals surface area contributed by atoms with Gasteiger partial charge in [-0.3, -0.25) is 9.59 Å². The summed E-state index contributed by atoms with van der Waals surface area (Å²) in [6.07, 6.45) is 1.73. The molecule has 0 aliphatic carbocycles. The fourth-order valence-corrected chi connectivity index (χ4v) is 3.24. The molecule has 0 fully saturated rings. The van der Waals surface area contributed by atoms with Crippen LogP contribution in [-0.2, 0) is 9.32 Å². The smallest absolute Gasteiger partial charge is 0.266 e. The second-order valence-electron chi connectivity index (χ2n) is 5.61. The number of nitrogens with zero attached hydrogens (tertiary/aromatic N) is 1. The summed E-state index contributed by atoms with van der Waals surface area (Å²) in [5.41, 5.74) is 1.78. The highest BCUT2D eigenvalue weighted by Gasteiger charge is 2.34. The van der Waals surface area contributed by atoms with Gasteiger partial charge in [0.1, 0.15) is 0 Å². The van der Waals surface area contributed by atoms with Gasteiger partial charge in [-0.05, 0) is 35.2 Å². The molecular weight excluding hydrogens is 350 g/mol. The van der Waals surface area contributed by atoms with Crippen molar-refractivity contribution in [2.24, 2.45) is 0 Å². The van der Waals surface area contributed by atoms with Crippen LogP contribution in [0, 0.1) is 0 Å². The number of rotatable bonds is 5. The summed E-state index contributed by atoms with van der Waals surface area (Å²) < 4.78 is 5.06. The highest BCUT2D eigenvalue weighted by molar-refractivity contribution is 7.94. The lowest BCUT2D eigenvalue weighted by atomic mass is 9.95. The van der Waals surface area contributed by atoms with Gasteiger partial charge in [-0.2, -0.15) is 0 Å². The molecule has 0 radical (unpaired) electrons. The molecule has 0 atom stereocenters. The van der Waals surface area contributed by atoms with Crippen LogP contribution in [0.2, 0.25) is 0 Å². The molecule has 0 spiro atoms. The van der Waals surface area contributed by atoms with E-state index >= 15 is 0 Å². The molecule has 128 valence electrons. The van der Waals surface area contributed by atoms with E-state index in [0.717, 1.165) is 27.9 Å². The van der Waals surface area contributed by atoms with Gasteiger partial charge < -0.3 is 0 Å². The summed E-state index contributed by atoms with van der Waals surface area (Å²) in [7, 11) is 0. The predicted molar refractivity (Wildman–Crippen MR) is 99.0 cm³/mol. The van der Waals surface area contributed by atoms with Gasteiger partial charge in [0, 0.05) is 10.3 Å². The second-order valence-corrected chi connectivity index (χ2v) is 6.39. The number of hydrogen-bond donors (Lipinski definition) is 0. The Balaban J connectivity index is 1.53. The first-order valence-electron chi connectivity index (χ1n) is 7.83. The van der Waals surface area contributed by atoms with Crippen LogP contribution in [0.25, 0.3) is 16.8 Å². The number of carbonyl (C=O) groups excluding carboxylic acids is 2. The molecule has 0 bridgehead atoms. The SMILES string of the molecule is C=Cc1ccc(SOON2C(=O)c3cccc4cccc(c34)C2=O)cc1. The van der Waals surface area contributed by atoms with Crippen LogP contribution in [0.1, 0.15) is 26.3 Å². The van der Waals surface area contributed by atoms with Gasteiger partial charge >= 0.3 is 0 Å². The highest BCUT2D eigenvalue weighted by Crippen LogP contribution is 2.31. The van der Waals surface area contributed by atoms with Crippen LogP contribution in [0.3, 0.4) is 0 Å². The van der Waals surface area contributed by atoms with E-state index in [1.165, 1.54) is 0 Å². The molecule has 0 saturated carbocycles. The highest BCUT2D eigenvalue weighted by atomic mass is 32.2. The van der Waals surface area contributed by atoms with Crippen molar-refractivity contribution in [3.63, 3.8) is 0 Å². The molecule has 1 heterocycles. The molecule has 2 amide bonds. The topological polar surface area (TPSA) is 55.8 Å². The number of amides is 2. The van der Waals surface area contributed by atoms with E-state index in [9.17, 15) is 9.59 Å². The lowest BCUT2D eigenvalue weighted by Crippen LogP contribution is -2.39. The number of imide groups is 1. The zero-order chi connectivity index (χ0) is 18.1. The molecule has 0 aromatic heterocycles. The second kappa shape index (κ2) is 6.76. The van der Waals surface area contributed by atoms with Crippen molar-refractivity contribution in [3.8, 4) is 0 Å². The number of hydrogen-bond acceptors (Lipinski definition) is 5. The van der Waals surface area contributed by atoms with Crippen LogP contribution in [0.5, 0.6) is 0 Å². The number of carbonyl (C=O) groups is 2. The summed E-state index contributed by atoms with van der Waals surface area (Å²) in [5.74, 6) is -1.11. The van der Waals surface area contributed by atoms with Crippen molar-refractivity contribution < 1.29 is 18.9 Å². The van der Waals surface area contributed by atoms with Gasteiger partial charge in [0.2, 0.25) is 0 Å². The van der Waals surface area contributed by atoms with Gasteiger partial charge in [0.25, 0.3) is 11.8 Å². The summed E-state index contributed by atoms with van der Waals surface area (Å²) in [6, 6.07) is 18.0. The molecular formula is C20H13NO4S. The van der Waals surface area contributed by atoms with E-state index in [2.05, 4.69) is 6.58 Å². The summed E-state index contributed by atoms with van der Waals surface area (Å²) >= 11 is 0.909. The Kier molecular flexibility index (Phi) is 4.30. The average molecular weight is 363 g/mol. The Morgan fingerprint density at radius 2 is 1.50 bits per heavy atom. The largest absolute Gasteiger partial charge is 0.288 e. The van der Waals surface area contributed by atoms with Crippen molar-refractivity contribution in [2.45, 2.75) is 4.90 Å². The molecule has 5 nitrogen and oxygen atoms in total. The van der Waals surface area contributed by atoms with E-state index in [1.807, 2.05) is 36.4 Å². The standard InChI is InChI=1S/C20H13NO4S/c1-2-13-9-11-15(12-10-13)26-25-24-21-19(22)16-7-3-5-14-6-4-8-17(18(14)16)20(21)23/h2-12H,1H2. The lowest BCUT2D eigenvalue weighted by Gasteiger charge is -2.24. The summed E-state index contributed by atoms with van der Waals surface area (Å²) in [4.78, 5) is 31.0. The summed E-state index contributed by atoms with van der Waals surface area (Å²) in [5, 5.41) is 2.11. The van der Waals surface area contributed by atoms with Crippen LogP contribution >= 0.6 is 12.0 Å². The number of hydroxylamine groups is 2. The first-order chi connectivity index (χ1) is 12.7. The van der Waals surface area contributed by atoms with E-state index in [0.29, 0.717) is 21.6 Å². The van der Waals surface area contributed by atoms with E-state index in [1.54, 1.807) is 30.3 Å². The molecule has 0 unspecified atom stereocenters. The normalized spacial score (nSPS) is 13.3. The maximum atomic E-state index is 12.6. The van der Waals surface area contributed by atoms with Crippen molar-refractivity contribution in [2.75, 3.05) is 0 Å². The molecule has 1 aliphatic heterocycles. The molecule has 1 aliphatic rings. The first-order valence-corrected chi connectivity index (χ1v) is 8.57. The van der Waals surface area contributed by atoms with Gasteiger partial charge in [-0.1, -0.05) is 54.0 Å². The van der Waals surface area contributed by atoms with Gasteiger partial charge in [-0.15, -0.1) is 9.40 Å². The quantitative estimate of drug-likeness (QED) is 0.286. The van der Waals surface area contributed by atoms with Crippen molar-refractivity contribution in [1.82, 2.24) is 5.06 Å². The molecule has 0 saturated heterocycles. The minimum absolute atomic E-state index is 0.404. The van der Waals surface area contributed by atoms with Gasteiger partial charge in [-0.25, -0.2) is 0 Å². The Bertz CT molecular complexity index is 979. The van der Waals surface area contributed by atoms with Gasteiger partial charge in [0.15, 0.2) is 0 Å². The maximum Gasteiger partial charge on any atom is 0.288 e. The fourth-order valence-electron chi connectivity index (χ4n) is 2.82. The Hall–Kier alpha value is -2.93. The zero-order valence-electron chi connectivity index (χ0n) is 13.5. The van der Waals surface area contributed by atoms with Crippen molar-refractivity contribution in [1.29, 1.82) is 0 Å². The molecule has 4 rings (SSSR count).